The summed E-state index contributed by atoms with van der Waals surface area (Å²) in [4.78, 5) is 22.7. The van der Waals surface area contributed by atoms with Crippen molar-refractivity contribution >= 4 is 6.29 Å². The van der Waals surface area contributed by atoms with Crippen LogP contribution in [0.25, 0.3) is 5.69 Å². The van der Waals surface area contributed by atoms with Gasteiger partial charge in [-0.25, -0.2) is 0 Å². The Balaban J connectivity index is 2.68. The summed E-state index contributed by atoms with van der Waals surface area (Å²) in [5.74, 6) is 0.434. The molecule has 20 heavy (non-hydrogen) atoms. The predicted octanol–water partition coefficient (Wildman–Crippen LogP) is 0.768. The van der Waals surface area contributed by atoms with Gasteiger partial charge in [0.25, 0.3) is 5.56 Å². The number of aldehydes is 1. The van der Waals surface area contributed by atoms with Gasteiger partial charge in [-0.2, -0.15) is 9.78 Å². The number of ether oxygens (including phenoxy) is 2. The van der Waals surface area contributed by atoms with E-state index in [1.54, 1.807) is 18.2 Å². The van der Waals surface area contributed by atoms with Gasteiger partial charge in [0.1, 0.15) is 17.2 Å². The zero-order valence-electron chi connectivity index (χ0n) is 10.9. The average molecular weight is 276 g/mol. The van der Waals surface area contributed by atoms with Crippen LogP contribution in [0.1, 0.15) is 10.5 Å². The molecule has 0 amide bonds. The number of methoxy groups -OCH3 is 2. The molecular weight excluding hydrogens is 264 g/mol. The molecule has 1 N–H and O–H groups in total. The summed E-state index contributed by atoms with van der Waals surface area (Å²) in [5, 5.41) is 13.2. The van der Waals surface area contributed by atoms with E-state index < -0.39 is 11.3 Å². The molecule has 1 aromatic carbocycles. The molecule has 7 heteroatoms. The van der Waals surface area contributed by atoms with Gasteiger partial charge in [0.15, 0.2) is 17.7 Å². The zero-order valence-corrected chi connectivity index (χ0v) is 10.9. The van der Waals surface area contributed by atoms with Crippen LogP contribution in [0.5, 0.6) is 17.2 Å². The van der Waals surface area contributed by atoms with Gasteiger partial charge in [0.2, 0.25) is 0 Å². The van der Waals surface area contributed by atoms with Crippen LogP contribution in [-0.2, 0) is 0 Å². The van der Waals surface area contributed by atoms with Crippen molar-refractivity contribution in [2.45, 2.75) is 0 Å². The van der Waals surface area contributed by atoms with Crippen molar-refractivity contribution in [1.29, 1.82) is 0 Å². The Labute approximate surface area is 114 Å². The highest BCUT2D eigenvalue weighted by Gasteiger charge is 2.13. The lowest BCUT2D eigenvalue weighted by molar-refractivity contribution is 0.111. The van der Waals surface area contributed by atoms with E-state index in [4.69, 9.17) is 9.47 Å². The molecule has 2 aromatic rings. The van der Waals surface area contributed by atoms with E-state index >= 15 is 0 Å². The molecule has 0 saturated carbocycles. The van der Waals surface area contributed by atoms with E-state index in [1.165, 1.54) is 14.2 Å². The molecule has 0 fully saturated rings. The number of carbonyl (C=O) groups excluding carboxylic acids is 1. The number of benzene rings is 1. The smallest absolute Gasteiger partial charge is 0.275 e. The monoisotopic (exact) mass is 276 g/mol. The number of nitrogens with zero attached hydrogens (tertiary/aromatic N) is 2. The number of hydrogen-bond acceptors (Lipinski definition) is 6. The number of aromatic nitrogens is 2. The van der Waals surface area contributed by atoms with Crippen molar-refractivity contribution in [3.8, 4) is 22.9 Å². The second-order valence-electron chi connectivity index (χ2n) is 3.82. The van der Waals surface area contributed by atoms with Gasteiger partial charge in [0, 0.05) is 12.1 Å². The van der Waals surface area contributed by atoms with Crippen molar-refractivity contribution in [3.05, 3.63) is 40.3 Å². The fourth-order valence-electron chi connectivity index (χ4n) is 1.68. The van der Waals surface area contributed by atoms with E-state index in [2.05, 4.69) is 5.10 Å². The number of rotatable bonds is 4. The van der Waals surface area contributed by atoms with Crippen molar-refractivity contribution in [2.24, 2.45) is 0 Å². The molecule has 0 aliphatic heterocycles. The SMILES string of the molecule is COc1ccc(-n2nc(C=O)c(O)cc2=O)c(OC)c1. The lowest BCUT2D eigenvalue weighted by Gasteiger charge is -2.11. The minimum Gasteiger partial charge on any atom is -0.505 e. The lowest BCUT2D eigenvalue weighted by atomic mass is 10.2. The largest absolute Gasteiger partial charge is 0.505 e. The average Bonchev–Trinajstić information content (AvgIpc) is 2.47. The number of carbonyl (C=O) groups is 1. The Morgan fingerprint density at radius 1 is 1.25 bits per heavy atom. The summed E-state index contributed by atoms with van der Waals surface area (Å²) in [5.41, 5.74) is -0.486. The van der Waals surface area contributed by atoms with Crippen LogP contribution in [-0.4, -0.2) is 35.4 Å². The van der Waals surface area contributed by atoms with Crippen molar-refractivity contribution in [2.75, 3.05) is 14.2 Å². The maximum Gasteiger partial charge on any atom is 0.275 e. The van der Waals surface area contributed by atoms with Crippen molar-refractivity contribution in [1.82, 2.24) is 9.78 Å². The Bertz CT molecular complexity index is 708. The van der Waals surface area contributed by atoms with E-state index in [9.17, 15) is 14.7 Å². The molecule has 2 rings (SSSR count). The zero-order chi connectivity index (χ0) is 14.7. The predicted molar refractivity (Wildman–Crippen MR) is 70.0 cm³/mol. The minimum absolute atomic E-state index is 0.234. The topological polar surface area (TPSA) is 90.7 Å². The molecule has 0 unspecified atom stereocenters. The molecule has 0 radical (unpaired) electrons. The maximum absolute atomic E-state index is 11.9. The highest BCUT2D eigenvalue weighted by molar-refractivity contribution is 5.75. The highest BCUT2D eigenvalue weighted by Crippen LogP contribution is 2.26. The van der Waals surface area contributed by atoms with E-state index in [0.717, 1.165) is 10.7 Å². The van der Waals surface area contributed by atoms with Crippen LogP contribution in [0.2, 0.25) is 0 Å². The fourth-order valence-corrected chi connectivity index (χ4v) is 1.68. The summed E-state index contributed by atoms with van der Waals surface area (Å²) < 4.78 is 11.2. The van der Waals surface area contributed by atoms with Crippen LogP contribution in [0, 0.1) is 0 Å². The van der Waals surface area contributed by atoms with Gasteiger partial charge in [0.05, 0.1) is 14.2 Å². The van der Waals surface area contributed by atoms with Crippen molar-refractivity contribution in [3.63, 3.8) is 0 Å². The normalized spacial score (nSPS) is 10.1. The summed E-state index contributed by atoms with van der Waals surface area (Å²) in [6.07, 6.45) is 0.362. The third-order valence-electron chi connectivity index (χ3n) is 2.67. The maximum atomic E-state index is 11.9. The van der Waals surface area contributed by atoms with E-state index in [0.29, 0.717) is 23.5 Å². The fraction of sp³-hybridized carbons (Fsp3) is 0.154. The van der Waals surface area contributed by atoms with Gasteiger partial charge in [-0.15, -0.1) is 0 Å². The van der Waals surface area contributed by atoms with Crippen LogP contribution in [0.4, 0.5) is 0 Å². The highest BCUT2D eigenvalue weighted by atomic mass is 16.5. The first-order valence-electron chi connectivity index (χ1n) is 5.61. The van der Waals surface area contributed by atoms with Crippen LogP contribution < -0.4 is 15.0 Å². The first-order valence-corrected chi connectivity index (χ1v) is 5.61. The molecule has 104 valence electrons. The van der Waals surface area contributed by atoms with Gasteiger partial charge < -0.3 is 14.6 Å². The van der Waals surface area contributed by atoms with Crippen LogP contribution in [0.3, 0.4) is 0 Å². The molecule has 0 atom stereocenters. The van der Waals surface area contributed by atoms with Gasteiger partial charge >= 0.3 is 0 Å². The summed E-state index contributed by atoms with van der Waals surface area (Å²) in [6, 6.07) is 5.69. The first kappa shape index (κ1) is 13.6. The van der Waals surface area contributed by atoms with Gasteiger partial charge in [-0.1, -0.05) is 0 Å². The first-order chi connectivity index (χ1) is 9.60. The lowest BCUT2D eigenvalue weighted by Crippen LogP contribution is -2.22. The van der Waals surface area contributed by atoms with E-state index in [-0.39, 0.29) is 5.69 Å². The molecule has 1 heterocycles. The van der Waals surface area contributed by atoms with Gasteiger partial charge in [-0.05, 0) is 12.1 Å². The third kappa shape index (κ3) is 2.33. The van der Waals surface area contributed by atoms with Crippen LogP contribution >= 0.6 is 0 Å². The standard InChI is InChI=1S/C13H12N2O5/c1-19-8-3-4-10(12(5-8)20-2)15-13(18)6-11(17)9(7-16)14-15/h3-7,17H,1-2H3. The molecule has 0 aliphatic rings. The molecule has 0 aliphatic carbocycles. The number of aromatic hydroxyl groups is 1. The van der Waals surface area contributed by atoms with Crippen molar-refractivity contribution < 1.29 is 19.4 Å². The number of hydrogen-bond donors (Lipinski definition) is 1. The second-order valence-corrected chi connectivity index (χ2v) is 3.82. The minimum atomic E-state index is -0.587. The molecule has 0 spiro atoms. The summed E-state index contributed by atoms with van der Waals surface area (Å²) in [7, 11) is 2.94. The Hall–Kier alpha value is -2.83. The summed E-state index contributed by atoms with van der Waals surface area (Å²) >= 11 is 0. The summed E-state index contributed by atoms with van der Waals surface area (Å²) in [6.45, 7) is 0. The molecule has 1 aromatic heterocycles. The molecular formula is C13H12N2O5. The molecule has 0 saturated heterocycles. The molecule has 0 bridgehead atoms. The third-order valence-corrected chi connectivity index (χ3v) is 2.67. The Kier molecular flexibility index (Phi) is 3.69. The van der Waals surface area contributed by atoms with Gasteiger partial charge in [-0.3, -0.25) is 9.59 Å². The van der Waals surface area contributed by atoms with Crippen LogP contribution in [0.15, 0.2) is 29.1 Å². The van der Waals surface area contributed by atoms with E-state index in [1.807, 2.05) is 0 Å². The Morgan fingerprint density at radius 3 is 2.60 bits per heavy atom. The second kappa shape index (κ2) is 5.43. The molecule has 7 nitrogen and oxygen atoms in total. The quantitative estimate of drug-likeness (QED) is 0.829. The Morgan fingerprint density at radius 2 is 2.00 bits per heavy atom.